The summed E-state index contributed by atoms with van der Waals surface area (Å²) in [6.45, 7) is 1.31. The summed E-state index contributed by atoms with van der Waals surface area (Å²) in [5.41, 5.74) is 1.47. The summed E-state index contributed by atoms with van der Waals surface area (Å²) in [6, 6.07) is 1.83. The van der Waals surface area contributed by atoms with Crippen molar-refractivity contribution in [3.63, 3.8) is 0 Å². The second kappa shape index (κ2) is 7.58. The van der Waals surface area contributed by atoms with E-state index in [9.17, 15) is 9.59 Å². The van der Waals surface area contributed by atoms with Gasteiger partial charge in [-0.1, -0.05) is 23.2 Å². The van der Waals surface area contributed by atoms with Crippen LogP contribution < -0.4 is 5.32 Å². The number of esters is 1. The first kappa shape index (κ1) is 16.7. The van der Waals surface area contributed by atoms with E-state index in [1.165, 1.54) is 17.5 Å². The molecule has 0 spiro atoms. The molecule has 22 heavy (non-hydrogen) atoms. The van der Waals surface area contributed by atoms with Gasteiger partial charge in [0.05, 0.1) is 16.5 Å². The van der Waals surface area contributed by atoms with Crippen molar-refractivity contribution in [2.24, 2.45) is 0 Å². The number of ether oxygens (including phenoxy) is 1. The molecule has 0 radical (unpaired) electrons. The van der Waals surface area contributed by atoms with Crippen molar-refractivity contribution >= 4 is 52.2 Å². The van der Waals surface area contributed by atoms with Gasteiger partial charge < -0.3 is 10.1 Å². The average molecular weight is 359 g/mol. The minimum atomic E-state index is -0.519. The number of thiophene rings is 1. The number of hydrogen-bond donors (Lipinski definition) is 1. The van der Waals surface area contributed by atoms with Crippen molar-refractivity contribution in [1.82, 2.24) is 4.98 Å². The Morgan fingerprint density at radius 3 is 2.86 bits per heavy atom. The maximum absolute atomic E-state index is 11.7. The molecule has 1 N–H and O–H groups in total. The molecule has 0 bridgehead atoms. The number of pyridine rings is 1. The highest BCUT2D eigenvalue weighted by Gasteiger charge is 2.13. The second-order valence-corrected chi connectivity index (χ2v) is 5.98. The molecule has 2 aromatic rings. The lowest BCUT2D eigenvalue weighted by Crippen LogP contribution is -2.22. The third kappa shape index (κ3) is 4.43. The van der Waals surface area contributed by atoms with E-state index in [0.29, 0.717) is 10.6 Å². The van der Waals surface area contributed by atoms with Gasteiger partial charge in [-0.15, -0.1) is 0 Å². The van der Waals surface area contributed by atoms with Crippen LogP contribution in [0.3, 0.4) is 0 Å². The number of nitrogens with one attached hydrogen (secondary N) is 1. The molecule has 8 heteroatoms. The Labute approximate surface area is 141 Å². The summed E-state index contributed by atoms with van der Waals surface area (Å²) in [4.78, 5) is 27.3. The van der Waals surface area contributed by atoms with Crippen molar-refractivity contribution in [2.45, 2.75) is 13.3 Å². The number of halogens is 2. The molecule has 2 heterocycles. The van der Waals surface area contributed by atoms with Gasteiger partial charge in [0.1, 0.15) is 0 Å². The lowest BCUT2D eigenvalue weighted by atomic mass is 10.2. The van der Waals surface area contributed by atoms with E-state index in [0.717, 1.165) is 5.56 Å². The first-order valence-electron chi connectivity index (χ1n) is 6.24. The Morgan fingerprint density at radius 2 is 2.18 bits per heavy atom. The Kier molecular flexibility index (Phi) is 5.76. The van der Waals surface area contributed by atoms with Crippen molar-refractivity contribution < 1.29 is 14.3 Å². The predicted molar refractivity (Wildman–Crippen MR) is 86.6 cm³/mol. The van der Waals surface area contributed by atoms with Gasteiger partial charge in [-0.25, -0.2) is 4.98 Å². The van der Waals surface area contributed by atoms with Crippen LogP contribution in [-0.2, 0) is 20.7 Å². The number of anilines is 1. The fourth-order valence-electron chi connectivity index (χ4n) is 1.57. The fraction of sp³-hybridized carbons (Fsp3) is 0.214. The van der Waals surface area contributed by atoms with E-state index in [4.69, 9.17) is 27.9 Å². The molecule has 0 saturated carbocycles. The van der Waals surface area contributed by atoms with Gasteiger partial charge in [0.25, 0.3) is 5.91 Å². The largest absolute Gasteiger partial charge is 0.455 e. The average Bonchev–Trinajstić information content (AvgIpc) is 2.99. The highest BCUT2D eigenvalue weighted by Crippen LogP contribution is 2.28. The molecule has 116 valence electrons. The highest BCUT2D eigenvalue weighted by molar-refractivity contribution is 7.08. The number of carbonyl (C=O) groups is 2. The zero-order valence-electron chi connectivity index (χ0n) is 11.6. The van der Waals surface area contributed by atoms with Gasteiger partial charge in [0, 0.05) is 6.20 Å². The molecule has 5 nitrogen and oxygen atoms in total. The molecular weight excluding hydrogens is 347 g/mol. The zero-order chi connectivity index (χ0) is 16.1. The van der Waals surface area contributed by atoms with E-state index in [1.807, 2.05) is 16.8 Å². The van der Waals surface area contributed by atoms with Gasteiger partial charge in [-0.2, -0.15) is 11.3 Å². The van der Waals surface area contributed by atoms with Gasteiger partial charge in [0.2, 0.25) is 0 Å². The number of hydrogen-bond acceptors (Lipinski definition) is 5. The third-order valence-electron chi connectivity index (χ3n) is 2.75. The predicted octanol–water partition coefficient (Wildman–Crippen LogP) is 3.48. The molecular formula is C14H12Cl2N2O3S. The molecule has 0 atom stereocenters. The van der Waals surface area contributed by atoms with Crippen LogP contribution in [0.2, 0.25) is 10.0 Å². The Bertz CT molecular complexity index is 690. The summed E-state index contributed by atoms with van der Waals surface area (Å²) in [6.07, 6.45) is 1.52. The Balaban J connectivity index is 1.86. The van der Waals surface area contributed by atoms with Crippen LogP contribution in [0.25, 0.3) is 0 Å². The highest BCUT2D eigenvalue weighted by atomic mass is 35.5. The van der Waals surface area contributed by atoms with E-state index in [-0.39, 0.29) is 17.3 Å². The van der Waals surface area contributed by atoms with Crippen LogP contribution in [0.5, 0.6) is 0 Å². The number of nitrogens with zero attached hydrogens (tertiary/aromatic N) is 1. The van der Waals surface area contributed by atoms with E-state index >= 15 is 0 Å². The van der Waals surface area contributed by atoms with Crippen molar-refractivity contribution in [3.05, 3.63) is 44.2 Å². The third-order valence-corrected chi connectivity index (χ3v) is 4.33. The minimum Gasteiger partial charge on any atom is -0.455 e. The molecule has 0 aliphatic carbocycles. The molecule has 0 unspecified atom stereocenters. The summed E-state index contributed by atoms with van der Waals surface area (Å²) < 4.78 is 4.90. The van der Waals surface area contributed by atoms with E-state index < -0.39 is 18.5 Å². The minimum absolute atomic E-state index is 0.135. The van der Waals surface area contributed by atoms with Crippen molar-refractivity contribution in [3.8, 4) is 0 Å². The second-order valence-electron chi connectivity index (χ2n) is 4.41. The summed E-state index contributed by atoms with van der Waals surface area (Å²) >= 11 is 13.4. The quantitative estimate of drug-likeness (QED) is 0.830. The summed E-state index contributed by atoms with van der Waals surface area (Å²) in [5.74, 6) is -0.808. The van der Waals surface area contributed by atoms with Crippen LogP contribution >= 0.6 is 34.5 Å². The van der Waals surface area contributed by atoms with Crippen LogP contribution in [0.4, 0.5) is 5.82 Å². The zero-order valence-corrected chi connectivity index (χ0v) is 13.9. The Morgan fingerprint density at radius 1 is 1.41 bits per heavy atom. The smallest absolute Gasteiger partial charge is 0.310 e. The lowest BCUT2D eigenvalue weighted by Gasteiger charge is -2.09. The molecule has 0 saturated heterocycles. The van der Waals surface area contributed by atoms with Crippen molar-refractivity contribution in [2.75, 3.05) is 11.9 Å². The first-order chi connectivity index (χ1) is 10.5. The summed E-state index contributed by atoms with van der Waals surface area (Å²) in [5, 5.41) is 6.85. The Hall–Kier alpha value is -1.63. The monoisotopic (exact) mass is 358 g/mol. The normalized spacial score (nSPS) is 10.3. The number of rotatable bonds is 5. The molecule has 2 rings (SSSR count). The molecule has 0 aliphatic heterocycles. The molecule has 0 fully saturated rings. The van der Waals surface area contributed by atoms with Gasteiger partial charge in [0.15, 0.2) is 12.4 Å². The first-order valence-corrected chi connectivity index (χ1v) is 7.94. The summed E-state index contributed by atoms with van der Waals surface area (Å²) in [7, 11) is 0. The van der Waals surface area contributed by atoms with Crippen LogP contribution in [0.15, 0.2) is 23.0 Å². The van der Waals surface area contributed by atoms with E-state index in [2.05, 4.69) is 10.3 Å². The maximum atomic E-state index is 11.7. The SMILES string of the molecule is Cc1c(Cl)cnc(NC(=O)COC(=O)Cc2ccsc2)c1Cl. The van der Waals surface area contributed by atoms with Crippen LogP contribution in [0.1, 0.15) is 11.1 Å². The van der Waals surface area contributed by atoms with Gasteiger partial charge in [-0.05, 0) is 34.9 Å². The van der Waals surface area contributed by atoms with Crippen LogP contribution in [-0.4, -0.2) is 23.5 Å². The van der Waals surface area contributed by atoms with Crippen LogP contribution in [0, 0.1) is 6.92 Å². The van der Waals surface area contributed by atoms with Crippen molar-refractivity contribution in [1.29, 1.82) is 0 Å². The standard InChI is InChI=1S/C14H12Cl2N2O3S/c1-8-10(15)5-17-14(13(8)16)18-11(19)6-21-12(20)4-9-2-3-22-7-9/h2-3,5,7H,4,6H2,1H3,(H,17,18,19). The van der Waals surface area contributed by atoms with Gasteiger partial charge >= 0.3 is 5.97 Å². The number of amides is 1. The molecule has 0 aliphatic rings. The molecule has 1 amide bonds. The molecule has 0 aromatic carbocycles. The fourth-order valence-corrected chi connectivity index (χ4v) is 2.63. The lowest BCUT2D eigenvalue weighted by molar-refractivity contribution is -0.146. The maximum Gasteiger partial charge on any atom is 0.310 e. The number of carbonyl (C=O) groups excluding carboxylic acids is 2. The topological polar surface area (TPSA) is 68.3 Å². The van der Waals surface area contributed by atoms with E-state index in [1.54, 1.807) is 6.92 Å². The van der Waals surface area contributed by atoms with Gasteiger partial charge in [-0.3, -0.25) is 9.59 Å². The molecule has 2 aromatic heterocycles. The number of aromatic nitrogens is 1.